The van der Waals surface area contributed by atoms with Crippen LogP contribution in [-0.2, 0) is 14.8 Å². The molecule has 0 aliphatic heterocycles. The van der Waals surface area contributed by atoms with Crippen molar-refractivity contribution in [2.24, 2.45) is 0 Å². The standard InChI is InChI=1S/C13H20N2O4S/c1-10-6-5-7-12(11(10)2)15(20(4,17)18)9-8-14-13(16)19-3/h5-7H,8-9H2,1-4H3,(H,14,16). The summed E-state index contributed by atoms with van der Waals surface area (Å²) in [6.07, 6.45) is 0.562. The van der Waals surface area contributed by atoms with Crippen LogP contribution in [0.3, 0.4) is 0 Å². The van der Waals surface area contributed by atoms with E-state index in [2.05, 4.69) is 10.1 Å². The third-order valence-electron chi connectivity index (χ3n) is 3.01. The zero-order valence-corrected chi connectivity index (χ0v) is 13.0. The normalized spacial score (nSPS) is 11.0. The highest BCUT2D eigenvalue weighted by Crippen LogP contribution is 2.24. The second-order valence-electron chi connectivity index (χ2n) is 4.47. The number of ether oxygens (including phenoxy) is 1. The third kappa shape index (κ3) is 4.12. The maximum absolute atomic E-state index is 11.9. The maximum Gasteiger partial charge on any atom is 0.406 e. The van der Waals surface area contributed by atoms with Crippen LogP contribution in [0.25, 0.3) is 0 Å². The molecule has 0 spiro atoms. The van der Waals surface area contributed by atoms with Gasteiger partial charge in [0.15, 0.2) is 0 Å². The van der Waals surface area contributed by atoms with Crippen LogP contribution in [0.2, 0.25) is 0 Å². The average molecular weight is 300 g/mol. The number of carbonyl (C=O) groups excluding carboxylic acids is 1. The molecule has 0 radical (unpaired) electrons. The van der Waals surface area contributed by atoms with Crippen LogP contribution in [0.4, 0.5) is 10.5 Å². The molecule has 1 amide bonds. The topological polar surface area (TPSA) is 75.7 Å². The van der Waals surface area contributed by atoms with E-state index in [1.54, 1.807) is 6.07 Å². The fourth-order valence-corrected chi connectivity index (χ4v) is 2.78. The van der Waals surface area contributed by atoms with Crippen LogP contribution >= 0.6 is 0 Å². The molecule has 0 aliphatic rings. The molecule has 1 N–H and O–H groups in total. The van der Waals surface area contributed by atoms with E-state index < -0.39 is 16.1 Å². The Hall–Kier alpha value is -1.76. The summed E-state index contributed by atoms with van der Waals surface area (Å²) < 4.78 is 29.6. The van der Waals surface area contributed by atoms with Gasteiger partial charge in [0, 0.05) is 6.54 Å². The first-order valence-corrected chi connectivity index (χ1v) is 7.98. The molecule has 0 fully saturated rings. The van der Waals surface area contributed by atoms with Gasteiger partial charge in [-0.3, -0.25) is 4.31 Å². The maximum atomic E-state index is 11.9. The number of amides is 1. The monoisotopic (exact) mass is 300 g/mol. The molecule has 0 saturated heterocycles. The van der Waals surface area contributed by atoms with Gasteiger partial charge in [-0.25, -0.2) is 13.2 Å². The molecule has 0 saturated carbocycles. The van der Waals surface area contributed by atoms with E-state index in [1.807, 2.05) is 26.0 Å². The van der Waals surface area contributed by atoms with Crippen molar-refractivity contribution in [3.63, 3.8) is 0 Å². The summed E-state index contributed by atoms with van der Waals surface area (Å²) in [5, 5.41) is 2.47. The largest absolute Gasteiger partial charge is 0.453 e. The number of anilines is 1. The van der Waals surface area contributed by atoms with Crippen molar-refractivity contribution in [1.29, 1.82) is 0 Å². The fraction of sp³-hybridized carbons (Fsp3) is 0.462. The molecule has 1 rings (SSSR count). The molecule has 1 aromatic carbocycles. The number of methoxy groups -OCH3 is 1. The van der Waals surface area contributed by atoms with Crippen molar-refractivity contribution in [2.45, 2.75) is 13.8 Å². The number of sulfonamides is 1. The minimum Gasteiger partial charge on any atom is -0.453 e. The molecular weight excluding hydrogens is 280 g/mol. The summed E-state index contributed by atoms with van der Waals surface area (Å²) in [6.45, 7) is 4.12. The lowest BCUT2D eigenvalue weighted by Gasteiger charge is -2.24. The highest BCUT2D eigenvalue weighted by atomic mass is 32.2. The Bertz CT molecular complexity index is 584. The van der Waals surface area contributed by atoms with E-state index in [4.69, 9.17) is 0 Å². The number of carbonyl (C=O) groups is 1. The minimum absolute atomic E-state index is 0.151. The molecule has 0 unspecified atom stereocenters. The van der Waals surface area contributed by atoms with Crippen molar-refractivity contribution >= 4 is 21.8 Å². The van der Waals surface area contributed by atoms with Crippen LogP contribution < -0.4 is 9.62 Å². The Kier molecular flexibility index (Phi) is 5.38. The lowest BCUT2D eigenvalue weighted by molar-refractivity contribution is 0.171. The van der Waals surface area contributed by atoms with E-state index >= 15 is 0 Å². The van der Waals surface area contributed by atoms with E-state index in [-0.39, 0.29) is 13.1 Å². The smallest absolute Gasteiger partial charge is 0.406 e. The lowest BCUT2D eigenvalue weighted by Crippen LogP contribution is -2.38. The molecule has 112 valence electrons. The summed E-state index contributed by atoms with van der Waals surface area (Å²) in [5.74, 6) is 0. The number of nitrogens with one attached hydrogen (secondary N) is 1. The molecule has 0 heterocycles. The molecule has 0 bridgehead atoms. The summed E-state index contributed by atoms with van der Waals surface area (Å²) in [7, 11) is -2.16. The van der Waals surface area contributed by atoms with Crippen LogP contribution in [0, 0.1) is 13.8 Å². The van der Waals surface area contributed by atoms with Gasteiger partial charge in [-0.15, -0.1) is 0 Å². The average Bonchev–Trinajstić information content (AvgIpc) is 2.37. The lowest BCUT2D eigenvalue weighted by atomic mass is 10.1. The van der Waals surface area contributed by atoms with Gasteiger partial charge in [0.25, 0.3) is 0 Å². The number of benzene rings is 1. The fourth-order valence-electron chi connectivity index (χ4n) is 1.80. The molecule has 0 atom stereocenters. The van der Waals surface area contributed by atoms with E-state index in [1.165, 1.54) is 11.4 Å². The molecule has 0 aliphatic carbocycles. The van der Waals surface area contributed by atoms with Crippen molar-refractivity contribution in [3.05, 3.63) is 29.3 Å². The molecule has 1 aromatic rings. The predicted octanol–water partition coefficient (Wildman–Crippen LogP) is 1.43. The number of hydrogen-bond acceptors (Lipinski definition) is 4. The van der Waals surface area contributed by atoms with Crippen molar-refractivity contribution in [3.8, 4) is 0 Å². The number of nitrogens with zero attached hydrogens (tertiary/aromatic N) is 1. The Balaban J connectivity index is 2.97. The van der Waals surface area contributed by atoms with Crippen molar-refractivity contribution in [2.75, 3.05) is 30.8 Å². The molecule has 6 nitrogen and oxygen atoms in total. The second kappa shape index (κ2) is 6.60. The van der Waals surface area contributed by atoms with E-state index in [9.17, 15) is 13.2 Å². The zero-order valence-electron chi connectivity index (χ0n) is 12.1. The van der Waals surface area contributed by atoms with E-state index in [0.29, 0.717) is 5.69 Å². The van der Waals surface area contributed by atoms with Gasteiger partial charge in [0.05, 0.1) is 25.6 Å². The van der Waals surface area contributed by atoms with Crippen LogP contribution in [0.15, 0.2) is 18.2 Å². The first-order valence-electron chi connectivity index (χ1n) is 6.13. The predicted molar refractivity (Wildman–Crippen MR) is 78.5 cm³/mol. The first-order chi connectivity index (χ1) is 9.27. The van der Waals surface area contributed by atoms with Gasteiger partial charge in [-0.05, 0) is 31.0 Å². The number of hydrogen-bond donors (Lipinski definition) is 1. The highest BCUT2D eigenvalue weighted by Gasteiger charge is 2.19. The van der Waals surface area contributed by atoms with Gasteiger partial charge < -0.3 is 10.1 Å². The summed E-state index contributed by atoms with van der Waals surface area (Å²) in [4.78, 5) is 11.0. The molecule has 20 heavy (non-hydrogen) atoms. The third-order valence-corrected chi connectivity index (χ3v) is 4.19. The minimum atomic E-state index is -3.42. The van der Waals surface area contributed by atoms with Crippen LogP contribution in [0.1, 0.15) is 11.1 Å². The van der Waals surface area contributed by atoms with Crippen molar-refractivity contribution in [1.82, 2.24) is 5.32 Å². The Morgan fingerprint density at radius 1 is 1.35 bits per heavy atom. The summed E-state index contributed by atoms with van der Waals surface area (Å²) >= 11 is 0. The van der Waals surface area contributed by atoms with Crippen molar-refractivity contribution < 1.29 is 17.9 Å². The number of alkyl carbamates (subject to hydrolysis) is 1. The highest BCUT2D eigenvalue weighted by molar-refractivity contribution is 7.92. The SMILES string of the molecule is COC(=O)NCCN(c1cccc(C)c1C)S(C)(=O)=O. The van der Waals surface area contributed by atoms with Gasteiger partial charge in [-0.2, -0.15) is 0 Å². The zero-order chi connectivity index (χ0) is 15.3. The molecule has 0 aromatic heterocycles. The van der Waals surface area contributed by atoms with Crippen LogP contribution in [-0.4, -0.2) is 41.0 Å². The van der Waals surface area contributed by atoms with Gasteiger partial charge in [0.1, 0.15) is 0 Å². The molecular formula is C13H20N2O4S. The quantitative estimate of drug-likeness (QED) is 0.892. The van der Waals surface area contributed by atoms with Crippen LogP contribution in [0.5, 0.6) is 0 Å². The number of aryl methyl sites for hydroxylation is 1. The summed E-state index contributed by atoms with van der Waals surface area (Å²) in [6, 6.07) is 5.48. The van der Waals surface area contributed by atoms with E-state index in [0.717, 1.165) is 17.4 Å². The Morgan fingerprint density at radius 2 is 2.00 bits per heavy atom. The Morgan fingerprint density at radius 3 is 2.55 bits per heavy atom. The molecule has 7 heteroatoms. The second-order valence-corrected chi connectivity index (χ2v) is 6.38. The number of rotatable bonds is 5. The van der Waals surface area contributed by atoms with Gasteiger partial charge >= 0.3 is 6.09 Å². The Labute approximate surface area is 119 Å². The first kappa shape index (κ1) is 16.3. The van der Waals surface area contributed by atoms with Gasteiger partial charge in [0.2, 0.25) is 10.0 Å². The summed E-state index contributed by atoms with van der Waals surface area (Å²) in [5.41, 5.74) is 2.53. The van der Waals surface area contributed by atoms with Gasteiger partial charge in [-0.1, -0.05) is 12.1 Å².